The van der Waals surface area contributed by atoms with Gasteiger partial charge in [-0.3, -0.25) is 0 Å². The molecule has 0 aromatic carbocycles. The molecule has 2 nitrogen and oxygen atoms in total. The Labute approximate surface area is 180 Å². The zero-order valence-corrected chi connectivity index (χ0v) is 16.6. The maximum absolute atomic E-state index is 4.63. The summed E-state index contributed by atoms with van der Waals surface area (Å²) < 4.78 is 0.720. The van der Waals surface area contributed by atoms with E-state index in [0.717, 1.165) is 0 Å². The van der Waals surface area contributed by atoms with Gasteiger partial charge in [0, 0.05) is 6.54 Å². The van der Waals surface area contributed by atoms with Crippen LogP contribution in [0.2, 0.25) is 0 Å². The second-order valence-electron chi connectivity index (χ2n) is 1.38. The van der Waals surface area contributed by atoms with Crippen LogP contribution in [0.1, 0.15) is 0 Å². The van der Waals surface area contributed by atoms with Gasteiger partial charge in [-0.25, -0.2) is 4.38 Å². The van der Waals surface area contributed by atoms with Crippen LogP contribution in [0, 0.1) is 0 Å². The van der Waals surface area contributed by atoms with E-state index in [1.54, 1.807) is 0 Å². The molecule has 8 heteroatoms. The van der Waals surface area contributed by atoms with Crippen molar-refractivity contribution in [3.8, 4) is 0 Å². The van der Waals surface area contributed by atoms with E-state index in [4.69, 9.17) is 0 Å². The van der Waals surface area contributed by atoms with E-state index in [0.29, 0.717) is 17.4 Å². The summed E-state index contributed by atoms with van der Waals surface area (Å²) in [6.07, 6.45) is 0. The van der Waals surface area contributed by atoms with Crippen molar-refractivity contribution in [2.45, 2.75) is 0 Å². The molecule has 0 saturated carbocycles. The minimum Gasteiger partial charge on any atom is -0.789 e. The van der Waals surface area contributed by atoms with Crippen LogP contribution in [0.25, 0.3) is 0 Å². The van der Waals surface area contributed by atoms with Gasteiger partial charge in [-0.2, -0.15) is 0 Å². The molecule has 0 bridgehead atoms. The Hall–Kier alpha value is 3.62. The normalized spacial score (nSPS) is 7.08. The number of nitrogens with one attached hydrogen (secondary N) is 1. The van der Waals surface area contributed by atoms with Crippen LogP contribution in [0.5, 0.6) is 0 Å². The number of nitrogens with zero attached hydrogens (tertiary/aromatic N) is 1. The fraction of sp³-hybridized carbons (Fsp3) is 0.500. The third-order valence-electron chi connectivity index (χ3n) is 0.629. The number of hydrogen-bond acceptors (Lipinski definition) is 4. The van der Waals surface area contributed by atoms with Gasteiger partial charge in [-0.1, -0.05) is 12.2 Å². The molecule has 0 aliphatic carbocycles. The summed E-state index contributed by atoms with van der Waals surface area (Å²) in [5.41, 5.74) is 0. The van der Waals surface area contributed by atoms with E-state index >= 15 is 0 Å². The summed E-state index contributed by atoms with van der Waals surface area (Å²) in [5, 5.41) is 2.80. The third kappa shape index (κ3) is 19.2. The molecule has 0 atom stereocenters. The number of rotatable bonds is 3. The Morgan fingerprint density at radius 1 is 1.42 bits per heavy atom. The molecule has 0 saturated heterocycles. The van der Waals surface area contributed by atoms with Crippen LogP contribution in [-0.4, -0.2) is 21.8 Å². The zero-order valence-electron chi connectivity index (χ0n) is 7.03. The molecule has 0 unspecified atom stereocenters. The van der Waals surface area contributed by atoms with Gasteiger partial charge in [0.1, 0.15) is 4.32 Å². The van der Waals surface area contributed by atoms with Crippen molar-refractivity contribution in [3.63, 3.8) is 0 Å². The Kier molecular flexibility index (Phi) is 25.5. The summed E-state index contributed by atoms with van der Waals surface area (Å²) in [6, 6.07) is 0. The molecule has 0 aromatic heterocycles. The van der Waals surface area contributed by atoms with E-state index in [1.165, 1.54) is 0 Å². The molecular formula is C4H6K2N2S4. The molecule has 1 N–H and O–H groups in total. The van der Waals surface area contributed by atoms with Crippen molar-refractivity contribution in [1.82, 2.24) is 5.32 Å². The summed E-state index contributed by atoms with van der Waals surface area (Å²) in [5.74, 6) is 0. The number of thiol groups is 1. The maximum Gasteiger partial charge on any atom is 1.00 e. The molecule has 58 valence electrons. The quantitative estimate of drug-likeness (QED) is 0.103. The molecule has 0 amide bonds. The van der Waals surface area contributed by atoms with E-state index in [9.17, 15) is 0 Å². The van der Waals surface area contributed by atoms with E-state index in [1.807, 2.05) is 0 Å². The minimum absolute atomic E-state index is 0. The first-order chi connectivity index (χ1) is 4.63. The van der Waals surface area contributed by atoms with Gasteiger partial charge in [-0.15, -0.1) is 12.6 Å². The summed E-state index contributed by atoms with van der Waals surface area (Å²) in [4.78, 5) is 3.79. The first-order valence-corrected chi connectivity index (χ1v) is 4.15. The van der Waals surface area contributed by atoms with Crippen molar-refractivity contribution in [3.05, 3.63) is 0 Å². The predicted octanol–water partition coefficient (Wildman–Crippen LogP) is -5.75. The average Bonchev–Trinajstić information content (AvgIpc) is 1.79. The van der Waals surface area contributed by atoms with Gasteiger partial charge in [-0.05, 0) is 0 Å². The largest absolute Gasteiger partial charge is 1.00 e. The molecule has 0 aromatic rings. The summed E-state index contributed by atoms with van der Waals surface area (Å²) >= 11 is 17.6. The van der Waals surface area contributed by atoms with Crippen molar-refractivity contribution >= 4 is 58.8 Å². The molecule has 0 heterocycles. The van der Waals surface area contributed by atoms with Gasteiger partial charge in [0.15, 0.2) is 0 Å². The van der Waals surface area contributed by atoms with Gasteiger partial charge in [0.05, 0.1) is 6.54 Å². The van der Waals surface area contributed by atoms with Crippen LogP contribution in [-0.2, 0) is 25.3 Å². The topological polar surface area (TPSA) is 24.4 Å². The Morgan fingerprint density at radius 3 is 2.25 bits per heavy atom. The summed E-state index contributed by atoms with van der Waals surface area (Å²) in [7, 11) is 0. The minimum atomic E-state index is 0. The number of thiocarbonyl (C=S) groups is 1. The van der Waals surface area contributed by atoms with E-state index in [2.05, 4.69) is 60.4 Å². The van der Waals surface area contributed by atoms with Crippen LogP contribution in [0.4, 0.5) is 0 Å². The number of aliphatic imine (C=N–C) groups is 1. The van der Waals surface area contributed by atoms with Gasteiger partial charge >= 0.3 is 103 Å². The Bertz CT molecular complexity index is 148. The smallest absolute Gasteiger partial charge is 0.789 e. The molecular weight excluding hydrogens is 283 g/mol. The van der Waals surface area contributed by atoms with Gasteiger partial charge < -0.3 is 35.6 Å². The SMILES string of the molecule is S=C(S)NCCN=C([S-])[S-].[K+].[K+]. The first-order valence-electron chi connectivity index (χ1n) is 2.48. The molecule has 0 fully saturated rings. The second-order valence-corrected chi connectivity index (χ2v) is 3.57. The molecule has 0 radical (unpaired) electrons. The molecule has 0 rings (SSSR count). The van der Waals surface area contributed by atoms with E-state index < -0.39 is 0 Å². The van der Waals surface area contributed by atoms with Crippen molar-refractivity contribution in [2.24, 2.45) is 4.99 Å². The monoisotopic (exact) mass is 288 g/mol. The predicted molar refractivity (Wildman–Crippen MR) is 56.6 cm³/mol. The van der Waals surface area contributed by atoms with Gasteiger partial charge in [0.2, 0.25) is 0 Å². The van der Waals surface area contributed by atoms with Crippen molar-refractivity contribution in [2.75, 3.05) is 13.1 Å². The second kappa shape index (κ2) is 14.6. The van der Waals surface area contributed by atoms with Gasteiger partial charge in [0.25, 0.3) is 0 Å². The van der Waals surface area contributed by atoms with Crippen LogP contribution < -0.4 is 108 Å². The third-order valence-corrected chi connectivity index (χ3v) is 1.19. The summed E-state index contributed by atoms with van der Waals surface area (Å²) in [6.45, 7) is 1.20. The molecule has 0 aliphatic rings. The zero-order chi connectivity index (χ0) is 7.98. The Balaban J connectivity index is -0.000000405. The van der Waals surface area contributed by atoms with Crippen molar-refractivity contribution in [1.29, 1.82) is 0 Å². The fourth-order valence-electron chi connectivity index (χ4n) is 0.310. The average molecular weight is 289 g/mol. The first kappa shape index (κ1) is 21.0. The van der Waals surface area contributed by atoms with Crippen molar-refractivity contribution < 1.29 is 103 Å². The number of hydrogen-bond donors (Lipinski definition) is 2. The van der Waals surface area contributed by atoms with Crippen LogP contribution >= 0.6 is 24.8 Å². The Morgan fingerprint density at radius 2 is 1.92 bits per heavy atom. The van der Waals surface area contributed by atoms with Crippen LogP contribution in [0.15, 0.2) is 4.99 Å². The van der Waals surface area contributed by atoms with Crippen LogP contribution in [0.3, 0.4) is 0 Å². The molecule has 12 heavy (non-hydrogen) atoms. The molecule has 0 aliphatic heterocycles. The standard InChI is InChI=1S/C4H8N2S4.2K/c7-3(8)5-1-2-6-4(9)10;;/h1-2H2,(H2,5,7,8)(H2,6,9,10);;/q;2*+1/p-2. The van der Waals surface area contributed by atoms with E-state index in [-0.39, 0.29) is 107 Å². The maximum atomic E-state index is 4.63. The molecule has 0 spiro atoms. The fourth-order valence-corrected chi connectivity index (χ4v) is 0.706.